The van der Waals surface area contributed by atoms with Crippen LogP contribution in [0.1, 0.15) is 28.9 Å². The molecule has 0 aromatic carbocycles. The van der Waals surface area contributed by atoms with Crippen LogP contribution >= 0.6 is 0 Å². The third-order valence-electron chi connectivity index (χ3n) is 6.25. The van der Waals surface area contributed by atoms with Gasteiger partial charge in [-0.25, -0.2) is 19.9 Å². The van der Waals surface area contributed by atoms with Crippen molar-refractivity contribution in [2.45, 2.75) is 33.1 Å². The lowest BCUT2D eigenvalue weighted by molar-refractivity contribution is 0.533. The first-order valence-corrected chi connectivity index (χ1v) is 9.31. The fourth-order valence-electron chi connectivity index (χ4n) is 4.80. The number of anilines is 2. The lowest BCUT2D eigenvalue weighted by Crippen LogP contribution is -2.30. The highest BCUT2D eigenvalue weighted by Gasteiger charge is 2.42. The van der Waals surface area contributed by atoms with Gasteiger partial charge in [-0.05, 0) is 33.1 Å². The second kappa shape index (κ2) is 5.64. The van der Waals surface area contributed by atoms with Crippen LogP contribution in [0.4, 0.5) is 11.6 Å². The van der Waals surface area contributed by atoms with Crippen molar-refractivity contribution in [2.24, 2.45) is 11.8 Å². The summed E-state index contributed by atoms with van der Waals surface area (Å²) in [6.45, 7) is 8.59. The molecule has 2 unspecified atom stereocenters. The van der Waals surface area contributed by atoms with E-state index in [1.165, 1.54) is 29.1 Å². The molecular weight excluding hydrogens is 312 g/mol. The zero-order valence-corrected chi connectivity index (χ0v) is 14.9. The molecule has 0 amide bonds. The Kier molecular flexibility index (Phi) is 3.40. The fraction of sp³-hybridized carbons (Fsp3) is 0.579. The predicted octanol–water partition coefficient (Wildman–Crippen LogP) is 1.94. The van der Waals surface area contributed by atoms with Gasteiger partial charge < -0.3 is 9.80 Å². The Labute approximate surface area is 148 Å². The molecule has 6 nitrogen and oxygen atoms in total. The number of rotatable bonds is 2. The highest BCUT2D eigenvalue weighted by molar-refractivity contribution is 5.53. The van der Waals surface area contributed by atoms with Crippen molar-refractivity contribution in [1.29, 1.82) is 0 Å². The van der Waals surface area contributed by atoms with E-state index in [1.54, 1.807) is 12.7 Å². The van der Waals surface area contributed by atoms with Gasteiger partial charge in [0.25, 0.3) is 0 Å². The molecule has 0 saturated carbocycles. The minimum absolute atomic E-state index is 0.696. The summed E-state index contributed by atoms with van der Waals surface area (Å²) < 4.78 is 0. The number of fused-ring (bicyclic) bond motifs is 2. The molecular formula is C19H24N6. The first-order valence-electron chi connectivity index (χ1n) is 9.31. The summed E-state index contributed by atoms with van der Waals surface area (Å²) in [7, 11) is 0. The first-order chi connectivity index (χ1) is 12.2. The Morgan fingerprint density at radius 3 is 2.20 bits per heavy atom. The van der Waals surface area contributed by atoms with Crippen LogP contribution in [0.15, 0.2) is 12.7 Å². The van der Waals surface area contributed by atoms with Gasteiger partial charge in [-0.2, -0.15) is 0 Å². The lowest BCUT2D eigenvalue weighted by Gasteiger charge is -2.25. The maximum atomic E-state index is 4.64. The molecule has 0 spiro atoms. The van der Waals surface area contributed by atoms with Gasteiger partial charge >= 0.3 is 0 Å². The average Bonchev–Trinajstić information content (AvgIpc) is 3.30. The van der Waals surface area contributed by atoms with Crippen molar-refractivity contribution in [3.63, 3.8) is 0 Å². The van der Waals surface area contributed by atoms with Crippen LogP contribution < -0.4 is 9.80 Å². The van der Waals surface area contributed by atoms with E-state index in [0.29, 0.717) is 11.8 Å². The SMILES string of the molecule is Cc1ncnc(N2CC3CN(c4ncnc5c4CCC5)CC3C2)c1C. The zero-order chi connectivity index (χ0) is 17.0. The van der Waals surface area contributed by atoms with Crippen LogP contribution in [-0.2, 0) is 12.8 Å². The predicted molar refractivity (Wildman–Crippen MR) is 97.0 cm³/mol. The van der Waals surface area contributed by atoms with Gasteiger partial charge in [-0.1, -0.05) is 0 Å². The van der Waals surface area contributed by atoms with Crippen LogP contribution in [0.3, 0.4) is 0 Å². The van der Waals surface area contributed by atoms with Gasteiger partial charge in [0.05, 0.1) is 0 Å². The quantitative estimate of drug-likeness (QED) is 0.835. The van der Waals surface area contributed by atoms with Crippen molar-refractivity contribution in [3.05, 3.63) is 35.2 Å². The van der Waals surface area contributed by atoms with E-state index in [4.69, 9.17) is 0 Å². The normalized spacial score (nSPS) is 24.7. The summed E-state index contributed by atoms with van der Waals surface area (Å²) in [5.41, 5.74) is 4.98. The topological polar surface area (TPSA) is 58.0 Å². The van der Waals surface area contributed by atoms with Crippen molar-refractivity contribution in [1.82, 2.24) is 19.9 Å². The number of aryl methyl sites for hydroxylation is 2. The second-order valence-electron chi connectivity index (χ2n) is 7.71. The Balaban J connectivity index is 1.34. The number of hydrogen-bond donors (Lipinski definition) is 0. The van der Waals surface area contributed by atoms with Crippen molar-refractivity contribution < 1.29 is 0 Å². The summed E-state index contributed by atoms with van der Waals surface area (Å²) in [6, 6.07) is 0. The molecule has 130 valence electrons. The second-order valence-corrected chi connectivity index (χ2v) is 7.71. The molecule has 5 rings (SSSR count). The summed E-state index contributed by atoms with van der Waals surface area (Å²) >= 11 is 0. The molecule has 2 aliphatic heterocycles. The zero-order valence-electron chi connectivity index (χ0n) is 14.9. The number of nitrogens with zero attached hydrogens (tertiary/aromatic N) is 6. The number of hydrogen-bond acceptors (Lipinski definition) is 6. The Bertz CT molecular complexity index is 806. The third-order valence-corrected chi connectivity index (χ3v) is 6.25. The molecule has 25 heavy (non-hydrogen) atoms. The summed E-state index contributed by atoms with van der Waals surface area (Å²) in [5, 5.41) is 0. The molecule has 2 fully saturated rings. The molecule has 2 atom stereocenters. The van der Waals surface area contributed by atoms with Crippen molar-refractivity contribution in [2.75, 3.05) is 36.0 Å². The van der Waals surface area contributed by atoms with Crippen LogP contribution in [0.25, 0.3) is 0 Å². The van der Waals surface area contributed by atoms with Crippen LogP contribution in [0.2, 0.25) is 0 Å². The molecule has 2 aromatic rings. The summed E-state index contributed by atoms with van der Waals surface area (Å²) in [4.78, 5) is 22.9. The van der Waals surface area contributed by atoms with Gasteiger partial charge in [0.15, 0.2) is 0 Å². The minimum atomic E-state index is 0.696. The van der Waals surface area contributed by atoms with E-state index >= 15 is 0 Å². The molecule has 6 heteroatoms. The highest BCUT2D eigenvalue weighted by atomic mass is 15.3. The third kappa shape index (κ3) is 2.38. The first kappa shape index (κ1) is 15.0. The smallest absolute Gasteiger partial charge is 0.135 e. The maximum Gasteiger partial charge on any atom is 0.135 e. The van der Waals surface area contributed by atoms with Crippen LogP contribution in [0.5, 0.6) is 0 Å². The monoisotopic (exact) mass is 336 g/mol. The summed E-state index contributed by atoms with van der Waals surface area (Å²) in [6.07, 6.45) is 6.94. The van der Waals surface area contributed by atoms with Crippen LogP contribution in [0, 0.1) is 25.7 Å². The van der Waals surface area contributed by atoms with E-state index in [2.05, 4.69) is 43.6 Å². The molecule has 3 aliphatic rings. The lowest BCUT2D eigenvalue weighted by atomic mass is 10.0. The van der Waals surface area contributed by atoms with E-state index < -0.39 is 0 Å². The average molecular weight is 336 g/mol. The van der Waals surface area contributed by atoms with Gasteiger partial charge in [-0.3, -0.25) is 0 Å². The summed E-state index contributed by atoms with van der Waals surface area (Å²) in [5.74, 6) is 3.72. The maximum absolute atomic E-state index is 4.64. The number of aromatic nitrogens is 4. The Morgan fingerprint density at radius 2 is 1.44 bits per heavy atom. The molecule has 1 aliphatic carbocycles. The molecule has 0 N–H and O–H groups in total. The van der Waals surface area contributed by atoms with Gasteiger partial charge in [-0.15, -0.1) is 0 Å². The van der Waals surface area contributed by atoms with E-state index in [-0.39, 0.29) is 0 Å². The molecule has 2 aromatic heterocycles. The fourth-order valence-corrected chi connectivity index (χ4v) is 4.80. The molecule has 4 heterocycles. The van der Waals surface area contributed by atoms with Gasteiger partial charge in [0.2, 0.25) is 0 Å². The Hall–Kier alpha value is -2.24. The van der Waals surface area contributed by atoms with Gasteiger partial charge in [0.1, 0.15) is 24.3 Å². The minimum Gasteiger partial charge on any atom is -0.356 e. The van der Waals surface area contributed by atoms with Gasteiger partial charge in [0, 0.05) is 60.5 Å². The highest BCUT2D eigenvalue weighted by Crippen LogP contribution is 2.38. The molecule has 0 radical (unpaired) electrons. The van der Waals surface area contributed by atoms with E-state index in [9.17, 15) is 0 Å². The van der Waals surface area contributed by atoms with Crippen molar-refractivity contribution >= 4 is 11.6 Å². The van der Waals surface area contributed by atoms with Crippen LogP contribution in [-0.4, -0.2) is 46.1 Å². The van der Waals surface area contributed by atoms with Crippen molar-refractivity contribution in [3.8, 4) is 0 Å². The Morgan fingerprint density at radius 1 is 0.800 bits per heavy atom. The largest absolute Gasteiger partial charge is 0.356 e. The standard InChI is InChI=1S/C19H24N6/c1-12-13(2)20-10-22-18(12)24-6-14-8-25(9-15(14)7-24)19-16-4-3-5-17(16)21-11-23-19/h10-11,14-15H,3-9H2,1-2H3. The van der Waals surface area contributed by atoms with E-state index in [1.807, 2.05) is 0 Å². The molecule has 0 bridgehead atoms. The molecule has 2 saturated heterocycles. The van der Waals surface area contributed by atoms with E-state index in [0.717, 1.165) is 50.5 Å².